The zero-order valence-corrected chi connectivity index (χ0v) is 19.3. The molecule has 0 saturated carbocycles. The quantitative estimate of drug-likeness (QED) is 0.545. The van der Waals surface area contributed by atoms with E-state index in [4.69, 9.17) is 4.74 Å². The Morgan fingerprint density at radius 3 is 2.09 bits per heavy atom. The third kappa shape index (κ3) is 4.76. The Morgan fingerprint density at radius 2 is 1.53 bits per heavy atom. The van der Waals surface area contributed by atoms with Gasteiger partial charge in [0.25, 0.3) is 0 Å². The Morgan fingerprint density at radius 1 is 0.844 bits per heavy atom. The number of anilines is 1. The van der Waals surface area contributed by atoms with Crippen molar-refractivity contribution in [3.05, 3.63) is 66.2 Å². The summed E-state index contributed by atoms with van der Waals surface area (Å²) in [6.07, 6.45) is 0.886. The van der Waals surface area contributed by atoms with Gasteiger partial charge in [-0.15, -0.1) is 10.2 Å². The molecular formula is C24H28N4O3S. The molecule has 8 heteroatoms. The minimum Gasteiger partial charge on any atom is -0.494 e. The van der Waals surface area contributed by atoms with Gasteiger partial charge in [-0.1, -0.05) is 19.1 Å². The normalized spacial score (nSPS) is 15.0. The van der Waals surface area contributed by atoms with E-state index in [2.05, 4.69) is 22.0 Å². The van der Waals surface area contributed by atoms with E-state index in [1.165, 1.54) is 0 Å². The first-order chi connectivity index (χ1) is 15.5. The molecule has 7 nitrogen and oxygen atoms in total. The predicted molar refractivity (Wildman–Crippen MR) is 125 cm³/mol. The molecule has 2 heterocycles. The molecule has 0 N–H and O–H groups in total. The number of hydrogen-bond donors (Lipinski definition) is 0. The number of aromatic nitrogens is 2. The molecule has 0 unspecified atom stereocenters. The van der Waals surface area contributed by atoms with Crippen LogP contribution in [0.4, 0.5) is 5.82 Å². The number of hydrogen-bond acceptors (Lipinski definition) is 6. The summed E-state index contributed by atoms with van der Waals surface area (Å²) in [5.74, 6) is 1.58. The van der Waals surface area contributed by atoms with Crippen LogP contribution in [-0.4, -0.2) is 55.7 Å². The first-order valence-corrected chi connectivity index (χ1v) is 12.4. The number of ether oxygens (including phenoxy) is 1. The highest BCUT2D eigenvalue weighted by atomic mass is 32.2. The van der Waals surface area contributed by atoms with Crippen LogP contribution >= 0.6 is 0 Å². The van der Waals surface area contributed by atoms with E-state index >= 15 is 0 Å². The van der Waals surface area contributed by atoms with E-state index in [0.29, 0.717) is 37.7 Å². The molecule has 4 rings (SSSR count). The van der Waals surface area contributed by atoms with Crippen LogP contribution < -0.4 is 9.64 Å². The van der Waals surface area contributed by atoms with Gasteiger partial charge in [0, 0.05) is 31.7 Å². The van der Waals surface area contributed by atoms with E-state index in [0.717, 1.165) is 34.8 Å². The lowest BCUT2D eigenvalue weighted by Gasteiger charge is -2.34. The summed E-state index contributed by atoms with van der Waals surface area (Å²) in [6.45, 7) is 6.62. The van der Waals surface area contributed by atoms with Crippen molar-refractivity contribution in [2.24, 2.45) is 0 Å². The lowest BCUT2D eigenvalue weighted by Crippen LogP contribution is -2.49. The van der Waals surface area contributed by atoms with Crippen LogP contribution in [0, 0.1) is 0 Å². The molecule has 1 saturated heterocycles. The first kappa shape index (κ1) is 22.2. The van der Waals surface area contributed by atoms with Crippen molar-refractivity contribution < 1.29 is 13.2 Å². The fourth-order valence-corrected chi connectivity index (χ4v) is 5.16. The number of aryl methyl sites for hydroxylation is 1. The summed E-state index contributed by atoms with van der Waals surface area (Å²) >= 11 is 0. The topological polar surface area (TPSA) is 75.6 Å². The van der Waals surface area contributed by atoms with Gasteiger partial charge < -0.3 is 9.64 Å². The summed E-state index contributed by atoms with van der Waals surface area (Å²) in [5, 5.41) is 8.75. The second-order valence-corrected chi connectivity index (χ2v) is 9.56. The summed E-state index contributed by atoms with van der Waals surface area (Å²) in [6, 6.07) is 18.8. The van der Waals surface area contributed by atoms with Gasteiger partial charge in [0.05, 0.1) is 17.2 Å². The maximum absolute atomic E-state index is 13.0. The fraction of sp³-hybridized carbons (Fsp3) is 0.333. The van der Waals surface area contributed by atoms with Crippen molar-refractivity contribution in [2.45, 2.75) is 25.2 Å². The van der Waals surface area contributed by atoms with Gasteiger partial charge in [0.15, 0.2) is 5.82 Å². The Bertz CT molecular complexity index is 1120. The maximum Gasteiger partial charge on any atom is 0.243 e. The van der Waals surface area contributed by atoms with E-state index in [1.54, 1.807) is 16.4 Å². The van der Waals surface area contributed by atoms with Gasteiger partial charge in [-0.2, -0.15) is 4.31 Å². The Hall–Kier alpha value is -2.97. The maximum atomic E-state index is 13.0. The molecule has 0 atom stereocenters. The van der Waals surface area contributed by atoms with Crippen molar-refractivity contribution >= 4 is 15.8 Å². The molecule has 1 fully saturated rings. The third-order valence-electron chi connectivity index (χ3n) is 5.64. The minimum absolute atomic E-state index is 0.350. The SMILES string of the molecule is CCOc1ccc(-c2ccc(N3CCN(S(=O)(=O)c4ccc(CC)cc4)CC3)nn2)cc1. The van der Waals surface area contributed by atoms with E-state index < -0.39 is 10.0 Å². The van der Waals surface area contributed by atoms with Gasteiger partial charge in [-0.25, -0.2) is 8.42 Å². The highest BCUT2D eigenvalue weighted by Crippen LogP contribution is 2.23. The van der Waals surface area contributed by atoms with Crippen molar-refractivity contribution in [1.29, 1.82) is 0 Å². The molecule has 32 heavy (non-hydrogen) atoms. The lowest BCUT2D eigenvalue weighted by atomic mass is 10.1. The van der Waals surface area contributed by atoms with Crippen molar-refractivity contribution in [3.8, 4) is 17.0 Å². The third-order valence-corrected chi connectivity index (χ3v) is 7.56. The summed E-state index contributed by atoms with van der Waals surface area (Å²) in [4.78, 5) is 2.42. The molecule has 0 radical (unpaired) electrons. The molecule has 1 aliphatic heterocycles. The van der Waals surface area contributed by atoms with Crippen LogP contribution in [-0.2, 0) is 16.4 Å². The number of nitrogens with zero attached hydrogens (tertiary/aromatic N) is 4. The van der Waals surface area contributed by atoms with Gasteiger partial charge in [0.1, 0.15) is 5.75 Å². The molecular weight excluding hydrogens is 424 g/mol. The summed E-state index contributed by atoms with van der Waals surface area (Å²) in [5.41, 5.74) is 2.88. The average Bonchev–Trinajstić information content (AvgIpc) is 2.85. The minimum atomic E-state index is -3.48. The summed E-state index contributed by atoms with van der Waals surface area (Å²) < 4.78 is 33.0. The highest BCUT2D eigenvalue weighted by molar-refractivity contribution is 7.89. The second kappa shape index (κ2) is 9.67. The molecule has 0 amide bonds. The smallest absolute Gasteiger partial charge is 0.243 e. The van der Waals surface area contributed by atoms with Crippen LogP contribution in [0.3, 0.4) is 0 Å². The molecule has 3 aromatic rings. The molecule has 2 aromatic carbocycles. The van der Waals surface area contributed by atoms with Gasteiger partial charge in [0.2, 0.25) is 10.0 Å². The lowest BCUT2D eigenvalue weighted by molar-refractivity contribution is 0.340. The standard InChI is InChI=1S/C24H28N4O3S/c1-3-19-5-11-22(12-6-19)32(29,30)28-17-15-27(16-18-28)24-14-13-23(25-26-24)20-7-9-21(10-8-20)31-4-2/h5-14H,3-4,15-18H2,1-2H3. The highest BCUT2D eigenvalue weighted by Gasteiger charge is 2.29. The fourth-order valence-electron chi connectivity index (χ4n) is 3.74. The van der Waals surface area contributed by atoms with Crippen molar-refractivity contribution in [2.75, 3.05) is 37.7 Å². The Kier molecular flexibility index (Phi) is 6.72. The second-order valence-electron chi connectivity index (χ2n) is 7.62. The molecule has 1 aromatic heterocycles. The van der Waals surface area contributed by atoms with Crippen LogP contribution in [0.15, 0.2) is 65.6 Å². The Balaban J connectivity index is 1.39. The zero-order chi connectivity index (χ0) is 22.6. The van der Waals surface area contributed by atoms with Crippen LogP contribution in [0.2, 0.25) is 0 Å². The van der Waals surface area contributed by atoms with E-state index in [-0.39, 0.29) is 0 Å². The van der Waals surface area contributed by atoms with Crippen LogP contribution in [0.25, 0.3) is 11.3 Å². The predicted octanol–water partition coefficient (Wildman–Crippen LogP) is 3.62. The molecule has 1 aliphatic rings. The largest absolute Gasteiger partial charge is 0.494 e. The monoisotopic (exact) mass is 452 g/mol. The average molecular weight is 453 g/mol. The van der Waals surface area contributed by atoms with E-state index in [9.17, 15) is 8.42 Å². The molecule has 168 valence electrons. The molecule has 0 spiro atoms. The van der Waals surface area contributed by atoms with E-state index in [1.807, 2.05) is 55.5 Å². The first-order valence-electron chi connectivity index (χ1n) is 10.9. The van der Waals surface area contributed by atoms with Gasteiger partial charge in [-0.3, -0.25) is 0 Å². The van der Waals surface area contributed by atoms with Crippen LogP contribution in [0.1, 0.15) is 19.4 Å². The van der Waals surface area contributed by atoms with Crippen molar-refractivity contribution in [3.63, 3.8) is 0 Å². The number of piperazine rings is 1. The van der Waals surface area contributed by atoms with Crippen molar-refractivity contribution in [1.82, 2.24) is 14.5 Å². The Labute approximate surface area is 189 Å². The number of rotatable bonds is 7. The number of sulfonamides is 1. The number of benzene rings is 2. The molecule has 0 bridgehead atoms. The zero-order valence-electron chi connectivity index (χ0n) is 18.4. The summed E-state index contributed by atoms with van der Waals surface area (Å²) in [7, 11) is -3.48. The van der Waals surface area contributed by atoms with Gasteiger partial charge >= 0.3 is 0 Å². The van der Waals surface area contributed by atoms with Crippen LogP contribution in [0.5, 0.6) is 5.75 Å². The van der Waals surface area contributed by atoms with Gasteiger partial charge in [-0.05, 0) is 67.4 Å². The molecule has 0 aliphatic carbocycles.